The molecule has 2 aromatic carbocycles. The quantitative estimate of drug-likeness (QED) is 0.845. The van der Waals surface area contributed by atoms with Crippen LogP contribution in [-0.2, 0) is 21.7 Å². The Hall–Kier alpha value is -2.96. The summed E-state index contributed by atoms with van der Waals surface area (Å²) in [6, 6.07) is 12.0. The molecule has 0 radical (unpaired) electrons. The van der Waals surface area contributed by atoms with E-state index in [1.54, 1.807) is 30.3 Å². The number of benzene rings is 2. The van der Waals surface area contributed by atoms with E-state index in [0.717, 1.165) is 24.0 Å². The molecule has 0 saturated heterocycles. The summed E-state index contributed by atoms with van der Waals surface area (Å²) in [6.07, 6.45) is -0.940. The first-order valence-corrected chi connectivity index (χ1v) is 7.98. The standard InChI is InChI=1S/C19H19F2NO4/c1-3-22(18(25)26-12-13-8-5-4-6-9-13)19(2,17(23)24)14-10-7-11-15(20)16(14)21/h4-11H,3,12H2,1-2H3,(H,23,24). The van der Waals surface area contributed by atoms with Crippen LogP contribution in [0, 0.1) is 11.6 Å². The molecule has 0 aromatic heterocycles. The highest BCUT2D eigenvalue weighted by Gasteiger charge is 2.46. The van der Waals surface area contributed by atoms with Crippen LogP contribution in [0.15, 0.2) is 48.5 Å². The predicted molar refractivity (Wildman–Crippen MR) is 90.4 cm³/mol. The zero-order chi connectivity index (χ0) is 19.3. The molecule has 0 aliphatic heterocycles. The fraction of sp³-hybridized carbons (Fsp3) is 0.263. The Morgan fingerprint density at radius 3 is 2.35 bits per heavy atom. The maximum Gasteiger partial charge on any atom is 0.411 e. The van der Waals surface area contributed by atoms with Gasteiger partial charge in [0.2, 0.25) is 0 Å². The van der Waals surface area contributed by atoms with E-state index >= 15 is 0 Å². The third-order valence-electron chi connectivity index (χ3n) is 4.17. The summed E-state index contributed by atoms with van der Waals surface area (Å²) in [5.41, 5.74) is -1.87. The van der Waals surface area contributed by atoms with Crippen molar-refractivity contribution in [2.75, 3.05) is 6.54 Å². The Kier molecular flexibility index (Phi) is 5.92. The molecular weight excluding hydrogens is 344 g/mol. The van der Waals surface area contributed by atoms with E-state index in [9.17, 15) is 23.5 Å². The lowest BCUT2D eigenvalue weighted by atomic mass is 9.89. The van der Waals surface area contributed by atoms with Gasteiger partial charge in [-0.2, -0.15) is 0 Å². The van der Waals surface area contributed by atoms with Crippen LogP contribution in [0.3, 0.4) is 0 Å². The van der Waals surface area contributed by atoms with Crippen LogP contribution in [0.5, 0.6) is 0 Å². The molecule has 2 aromatic rings. The summed E-state index contributed by atoms with van der Waals surface area (Å²) in [7, 11) is 0. The first-order chi connectivity index (χ1) is 12.3. The average Bonchev–Trinajstić information content (AvgIpc) is 2.63. The van der Waals surface area contributed by atoms with Crippen LogP contribution in [0.4, 0.5) is 13.6 Å². The fourth-order valence-electron chi connectivity index (χ4n) is 2.68. The highest BCUT2D eigenvalue weighted by atomic mass is 19.2. The van der Waals surface area contributed by atoms with Crippen molar-refractivity contribution >= 4 is 12.1 Å². The summed E-state index contributed by atoms with van der Waals surface area (Å²) in [4.78, 5) is 25.3. The minimum atomic E-state index is -2.13. The average molecular weight is 363 g/mol. The van der Waals surface area contributed by atoms with Crippen LogP contribution in [0.25, 0.3) is 0 Å². The number of ether oxygens (including phenoxy) is 1. The Bertz CT molecular complexity index is 797. The molecular formula is C19H19F2NO4. The highest BCUT2D eigenvalue weighted by Crippen LogP contribution is 2.32. The molecule has 26 heavy (non-hydrogen) atoms. The van der Waals surface area contributed by atoms with Gasteiger partial charge in [-0.1, -0.05) is 42.5 Å². The number of carboxylic acid groups (broad SMARTS) is 1. The molecule has 0 saturated carbocycles. The number of carboxylic acids is 1. The fourth-order valence-corrected chi connectivity index (χ4v) is 2.68. The maximum atomic E-state index is 14.3. The molecule has 138 valence electrons. The normalized spacial score (nSPS) is 12.9. The van der Waals surface area contributed by atoms with E-state index in [1.807, 2.05) is 0 Å². The Morgan fingerprint density at radius 1 is 1.12 bits per heavy atom. The van der Waals surface area contributed by atoms with Crippen molar-refractivity contribution in [1.82, 2.24) is 4.90 Å². The number of carbonyl (C=O) groups excluding carboxylic acids is 1. The van der Waals surface area contributed by atoms with Crippen LogP contribution < -0.4 is 0 Å². The van der Waals surface area contributed by atoms with Crippen molar-refractivity contribution in [3.8, 4) is 0 Å². The number of nitrogens with zero attached hydrogens (tertiary/aromatic N) is 1. The second-order valence-corrected chi connectivity index (χ2v) is 5.76. The van der Waals surface area contributed by atoms with Crippen LogP contribution in [-0.4, -0.2) is 28.6 Å². The number of hydrogen-bond donors (Lipinski definition) is 1. The van der Waals surface area contributed by atoms with Gasteiger partial charge in [0.1, 0.15) is 6.61 Å². The van der Waals surface area contributed by atoms with Gasteiger partial charge in [-0.15, -0.1) is 0 Å². The molecule has 7 heteroatoms. The Balaban J connectivity index is 2.34. The zero-order valence-corrected chi connectivity index (χ0v) is 14.4. The SMILES string of the molecule is CCN(C(=O)OCc1ccccc1)C(C)(C(=O)O)c1cccc(F)c1F. The summed E-state index contributed by atoms with van der Waals surface area (Å²) >= 11 is 0. The first kappa shape index (κ1) is 19.4. The minimum Gasteiger partial charge on any atom is -0.479 e. The van der Waals surface area contributed by atoms with Crippen molar-refractivity contribution < 1.29 is 28.2 Å². The third kappa shape index (κ3) is 3.66. The van der Waals surface area contributed by atoms with Gasteiger partial charge in [-0.05, 0) is 25.5 Å². The summed E-state index contributed by atoms with van der Waals surface area (Å²) < 4.78 is 33.0. The van der Waals surface area contributed by atoms with E-state index < -0.39 is 34.8 Å². The molecule has 1 amide bonds. The van der Waals surface area contributed by atoms with Crippen molar-refractivity contribution in [1.29, 1.82) is 0 Å². The molecule has 1 unspecified atom stereocenters. The summed E-state index contributed by atoms with van der Waals surface area (Å²) in [5.74, 6) is -4.00. The topological polar surface area (TPSA) is 66.8 Å². The van der Waals surface area contributed by atoms with Gasteiger partial charge in [0.05, 0.1) is 0 Å². The number of halogens is 2. The molecule has 1 atom stereocenters. The van der Waals surface area contributed by atoms with Crippen molar-refractivity contribution in [2.45, 2.75) is 26.0 Å². The van der Waals surface area contributed by atoms with Gasteiger partial charge in [0.15, 0.2) is 17.2 Å². The molecule has 0 spiro atoms. The van der Waals surface area contributed by atoms with Crippen LogP contribution in [0.2, 0.25) is 0 Å². The van der Waals surface area contributed by atoms with Gasteiger partial charge < -0.3 is 9.84 Å². The van der Waals surface area contributed by atoms with E-state index in [1.165, 1.54) is 13.0 Å². The largest absolute Gasteiger partial charge is 0.479 e. The number of hydrogen-bond acceptors (Lipinski definition) is 3. The minimum absolute atomic E-state index is 0.0719. The van der Waals surface area contributed by atoms with Crippen LogP contribution in [0.1, 0.15) is 25.0 Å². The number of likely N-dealkylation sites (N-methyl/N-ethyl adjacent to an activating group) is 1. The van der Waals surface area contributed by atoms with Crippen molar-refractivity contribution in [3.63, 3.8) is 0 Å². The molecule has 2 rings (SSSR count). The lowest BCUT2D eigenvalue weighted by Gasteiger charge is -2.37. The molecule has 0 aliphatic rings. The Labute approximate surface area is 149 Å². The van der Waals surface area contributed by atoms with Crippen molar-refractivity contribution in [2.24, 2.45) is 0 Å². The lowest BCUT2D eigenvalue weighted by molar-refractivity contribution is -0.150. The second kappa shape index (κ2) is 7.95. The number of carbonyl (C=O) groups is 2. The maximum absolute atomic E-state index is 14.3. The summed E-state index contributed by atoms with van der Waals surface area (Å²) in [5, 5.41) is 9.70. The van der Waals surface area contributed by atoms with E-state index in [2.05, 4.69) is 0 Å². The number of rotatable bonds is 6. The smallest absolute Gasteiger partial charge is 0.411 e. The van der Waals surface area contributed by atoms with Crippen LogP contribution >= 0.6 is 0 Å². The third-order valence-corrected chi connectivity index (χ3v) is 4.17. The van der Waals surface area contributed by atoms with Gasteiger partial charge in [0, 0.05) is 12.1 Å². The van der Waals surface area contributed by atoms with Gasteiger partial charge >= 0.3 is 12.1 Å². The van der Waals surface area contributed by atoms with Gasteiger partial charge in [-0.3, -0.25) is 4.90 Å². The zero-order valence-electron chi connectivity index (χ0n) is 14.4. The molecule has 0 aliphatic carbocycles. The molecule has 5 nitrogen and oxygen atoms in total. The lowest BCUT2D eigenvalue weighted by Crippen LogP contribution is -2.53. The number of aliphatic carboxylic acids is 1. The Morgan fingerprint density at radius 2 is 1.77 bits per heavy atom. The monoisotopic (exact) mass is 363 g/mol. The van der Waals surface area contributed by atoms with Gasteiger partial charge in [0.25, 0.3) is 0 Å². The first-order valence-electron chi connectivity index (χ1n) is 7.98. The molecule has 0 bridgehead atoms. The predicted octanol–water partition coefficient (Wildman–Crippen LogP) is 3.92. The second-order valence-electron chi connectivity index (χ2n) is 5.76. The van der Waals surface area contributed by atoms with E-state index in [-0.39, 0.29) is 13.2 Å². The van der Waals surface area contributed by atoms with E-state index in [0.29, 0.717) is 5.56 Å². The molecule has 0 heterocycles. The van der Waals surface area contributed by atoms with Crippen molar-refractivity contribution in [3.05, 3.63) is 71.3 Å². The molecule has 1 N–H and O–H groups in total. The number of amides is 1. The summed E-state index contributed by atoms with van der Waals surface area (Å²) in [6.45, 7) is 2.52. The highest BCUT2D eigenvalue weighted by molar-refractivity contribution is 5.85. The molecule has 0 fully saturated rings. The van der Waals surface area contributed by atoms with Gasteiger partial charge in [-0.25, -0.2) is 18.4 Å². The van der Waals surface area contributed by atoms with E-state index in [4.69, 9.17) is 4.74 Å².